The van der Waals surface area contributed by atoms with Gasteiger partial charge in [0.15, 0.2) is 0 Å². The molecule has 1 rings (SSSR count). The summed E-state index contributed by atoms with van der Waals surface area (Å²) >= 11 is 1.90. The molecule has 0 amide bonds. The molecule has 0 radical (unpaired) electrons. The smallest absolute Gasteiger partial charge is 0.0951 e. The summed E-state index contributed by atoms with van der Waals surface area (Å²) in [4.78, 5) is 4.31. The van der Waals surface area contributed by atoms with E-state index in [2.05, 4.69) is 48.8 Å². The summed E-state index contributed by atoms with van der Waals surface area (Å²) in [6.07, 6.45) is 4.08. The van der Waals surface area contributed by atoms with Crippen LogP contribution in [0.2, 0.25) is 0 Å². The van der Waals surface area contributed by atoms with E-state index in [0.717, 1.165) is 18.8 Å². The molecular formula is C12H23N3S. The number of aromatic nitrogens is 2. The lowest BCUT2D eigenvalue weighted by Crippen LogP contribution is -2.34. The van der Waals surface area contributed by atoms with Crippen LogP contribution < -0.4 is 5.32 Å². The molecule has 0 aromatic carbocycles. The molecule has 0 saturated carbocycles. The third-order valence-corrected chi connectivity index (χ3v) is 3.94. The minimum Gasteiger partial charge on any atom is -0.333 e. The topological polar surface area (TPSA) is 29.9 Å². The zero-order valence-electron chi connectivity index (χ0n) is 10.9. The normalized spacial score (nSPS) is 15.1. The van der Waals surface area contributed by atoms with Crippen molar-refractivity contribution >= 4 is 11.8 Å². The number of hydrogen-bond acceptors (Lipinski definition) is 3. The molecule has 3 nitrogen and oxygen atoms in total. The molecule has 0 spiro atoms. The standard InChI is InChI=1S/C12H23N3S/c1-9(13-6-10(2)16-5)7-15-8-14-11(3)12(15)4/h8-10,13H,6-7H2,1-5H3. The van der Waals surface area contributed by atoms with E-state index in [-0.39, 0.29) is 0 Å². The van der Waals surface area contributed by atoms with Gasteiger partial charge >= 0.3 is 0 Å². The number of hydrogen-bond donors (Lipinski definition) is 1. The lowest BCUT2D eigenvalue weighted by Gasteiger charge is -2.17. The van der Waals surface area contributed by atoms with Crippen LogP contribution in [-0.4, -0.2) is 33.6 Å². The molecule has 1 heterocycles. The Morgan fingerprint density at radius 2 is 2.12 bits per heavy atom. The first-order chi connectivity index (χ1) is 7.54. The Bertz CT molecular complexity index is 322. The van der Waals surface area contributed by atoms with Crippen molar-refractivity contribution in [2.75, 3.05) is 12.8 Å². The highest BCUT2D eigenvalue weighted by Crippen LogP contribution is 2.06. The molecule has 4 heteroatoms. The SMILES string of the molecule is CSC(C)CNC(C)Cn1cnc(C)c1C. The van der Waals surface area contributed by atoms with Crippen LogP contribution in [0.4, 0.5) is 0 Å². The van der Waals surface area contributed by atoms with Crippen LogP contribution in [0.15, 0.2) is 6.33 Å². The maximum absolute atomic E-state index is 4.31. The Kier molecular flexibility index (Phi) is 5.35. The summed E-state index contributed by atoms with van der Waals surface area (Å²) in [5.74, 6) is 0. The van der Waals surface area contributed by atoms with Gasteiger partial charge in [-0.25, -0.2) is 4.98 Å². The molecule has 0 aliphatic heterocycles. The number of imidazole rings is 1. The number of nitrogens with one attached hydrogen (secondary N) is 1. The number of nitrogens with zero attached hydrogens (tertiary/aromatic N) is 2. The van der Waals surface area contributed by atoms with Crippen LogP contribution in [0.25, 0.3) is 0 Å². The number of rotatable bonds is 6. The summed E-state index contributed by atoms with van der Waals surface area (Å²) in [7, 11) is 0. The van der Waals surface area contributed by atoms with E-state index in [9.17, 15) is 0 Å². The van der Waals surface area contributed by atoms with E-state index < -0.39 is 0 Å². The second-order valence-corrected chi connectivity index (χ2v) is 5.70. The van der Waals surface area contributed by atoms with Gasteiger partial charge in [0.05, 0.1) is 12.0 Å². The van der Waals surface area contributed by atoms with E-state index in [0.29, 0.717) is 11.3 Å². The van der Waals surface area contributed by atoms with Crippen molar-refractivity contribution < 1.29 is 0 Å². The summed E-state index contributed by atoms with van der Waals surface area (Å²) in [6.45, 7) is 10.7. The minimum atomic E-state index is 0.488. The van der Waals surface area contributed by atoms with Gasteiger partial charge in [-0.05, 0) is 27.0 Å². The molecule has 1 N–H and O–H groups in total. The highest BCUT2D eigenvalue weighted by atomic mass is 32.2. The first-order valence-electron chi connectivity index (χ1n) is 5.79. The lowest BCUT2D eigenvalue weighted by atomic mass is 10.3. The molecular weight excluding hydrogens is 218 g/mol. The van der Waals surface area contributed by atoms with Crippen LogP contribution >= 0.6 is 11.8 Å². The molecule has 2 unspecified atom stereocenters. The zero-order valence-corrected chi connectivity index (χ0v) is 11.8. The first-order valence-corrected chi connectivity index (χ1v) is 7.08. The third kappa shape index (κ3) is 3.83. The second kappa shape index (κ2) is 6.30. The second-order valence-electron chi connectivity index (χ2n) is 4.42. The average molecular weight is 241 g/mol. The Morgan fingerprint density at radius 3 is 2.62 bits per heavy atom. The van der Waals surface area contributed by atoms with Gasteiger partial charge in [0, 0.05) is 30.1 Å². The van der Waals surface area contributed by atoms with Crippen LogP contribution in [0.5, 0.6) is 0 Å². The quantitative estimate of drug-likeness (QED) is 0.828. The van der Waals surface area contributed by atoms with Gasteiger partial charge in [-0.2, -0.15) is 11.8 Å². The minimum absolute atomic E-state index is 0.488. The molecule has 0 aliphatic rings. The lowest BCUT2D eigenvalue weighted by molar-refractivity contribution is 0.475. The van der Waals surface area contributed by atoms with Crippen LogP contribution in [0.3, 0.4) is 0 Å². The summed E-state index contributed by atoms with van der Waals surface area (Å²) in [6, 6.07) is 0.488. The fraction of sp³-hybridized carbons (Fsp3) is 0.750. The molecule has 0 saturated heterocycles. The maximum Gasteiger partial charge on any atom is 0.0951 e. The Morgan fingerprint density at radius 1 is 1.44 bits per heavy atom. The first kappa shape index (κ1) is 13.6. The van der Waals surface area contributed by atoms with E-state index >= 15 is 0 Å². The van der Waals surface area contributed by atoms with Gasteiger partial charge in [0.1, 0.15) is 0 Å². The average Bonchev–Trinajstić information content (AvgIpc) is 2.57. The molecule has 1 aromatic heterocycles. The van der Waals surface area contributed by atoms with Crippen molar-refractivity contribution in [3.05, 3.63) is 17.7 Å². The predicted molar refractivity (Wildman–Crippen MR) is 72.1 cm³/mol. The van der Waals surface area contributed by atoms with E-state index in [1.807, 2.05) is 18.1 Å². The third-order valence-electron chi connectivity index (χ3n) is 2.97. The van der Waals surface area contributed by atoms with Gasteiger partial charge in [-0.3, -0.25) is 0 Å². The monoisotopic (exact) mass is 241 g/mol. The Balaban J connectivity index is 2.39. The van der Waals surface area contributed by atoms with E-state index in [4.69, 9.17) is 0 Å². The van der Waals surface area contributed by atoms with E-state index in [1.54, 1.807) is 0 Å². The number of aryl methyl sites for hydroxylation is 1. The highest BCUT2D eigenvalue weighted by molar-refractivity contribution is 7.99. The Labute approximate surface area is 103 Å². The summed E-state index contributed by atoms with van der Waals surface area (Å²) < 4.78 is 2.22. The molecule has 1 aromatic rings. The van der Waals surface area contributed by atoms with Crippen molar-refractivity contribution in [1.82, 2.24) is 14.9 Å². The largest absolute Gasteiger partial charge is 0.333 e. The fourth-order valence-electron chi connectivity index (χ4n) is 1.54. The Hall–Kier alpha value is -0.480. The van der Waals surface area contributed by atoms with E-state index in [1.165, 1.54) is 5.69 Å². The zero-order chi connectivity index (χ0) is 12.1. The molecule has 2 atom stereocenters. The van der Waals surface area contributed by atoms with Crippen molar-refractivity contribution in [1.29, 1.82) is 0 Å². The molecule has 0 aliphatic carbocycles. The summed E-state index contributed by atoms with van der Waals surface area (Å²) in [5, 5.41) is 4.22. The van der Waals surface area contributed by atoms with Crippen LogP contribution in [0.1, 0.15) is 25.2 Å². The molecule has 0 bridgehead atoms. The molecule has 92 valence electrons. The van der Waals surface area contributed by atoms with Crippen LogP contribution in [0, 0.1) is 13.8 Å². The van der Waals surface area contributed by atoms with Crippen molar-refractivity contribution in [3.63, 3.8) is 0 Å². The van der Waals surface area contributed by atoms with Gasteiger partial charge in [-0.15, -0.1) is 0 Å². The highest BCUT2D eigenvalue weighted by Gasteiger charge is 2.07. The van der Waals surface area contributed by atoms with Crippen molar-refractivity contribution in [2.24, 2.45) is 0 Å². The van der Waals surface area contributed by atoms with Crippen molar-refractivity contribution in [3.8, 4) is 0 Å². The van der Waals surface area contributed by atoms with Crippen LogP contribution in [-0.2, 0) is 6.54 Å². The van der Waals surface area contributed by atoms with Gasteiger partial charge in [0.25, 0.3) is 0 Å². The predicted octanol–water partition coefficient (Wildman–Crippen LogP) is 2.23. The maximum atomic E-state index is 4.31. The van der Waals surface area contributed by atoms with Gasteiger partial charge in [-0.1, -0.05) is 6.92 Å². The van der Waals surface area contributed by atoms with Gasteiger partial charge in [0.2, 0.25) is 0 Å². The summed E-state index contributed by atoms with van der Waals surface area (Å²) in [5.41, 5.74) is 2.40. The fourth-order valence-corrected chi connectivity index (χ4v) is 1.80. The number of thioether (sulfide) groups is 1. The van der Waals surface area contributed by atoms with Gasteiger partial charge < -0.3 is 9.88 Å². The molecule has 0 fully saturated rings. The van der Waals surface area contributed by atoms with Crippen molar-refractivity contribution in [2.45, 2.75) is 45.5 Å². The molecule has 16 heavy (non-hydrogen) atoms.